The van der Waals surface area contributed by atoms with Crippen molar-refractivity contribution in [2.24, 2.45) is 0 Å². The number of ether oxygens (including phenoxy) is 2. The molecular weight excluding hydrogens is 348 g/mol. The maximum atomic E-state index is 6.24. The molecule has 5 rings (SSSR count). The van der Waals surface area contributed by atoms with E-state index in [4.69, 9.17) is 21.1 Å². The molecule has 4 aromatic rings. The SMILES string of the molecule is Clc1cc(CSc2n[nH]c3nc4ccccc4n23)cc2c1OCO2. The zero-order valence-corrected chi connectivity index (χ0v) is 13.9. The molecule has 2 aromatic carbocycles. The van der Waals surface area contributed by atoms with Gasteiger partial charge in [0.2, 0.25) is 12.6 Å². The van der Waals surface area contributed by atoms with Gasteiger partial charge in [-0.3, -0.25) is 4.40 Å². The van der Waals surface area contributed by atoms with Gasteiger partial charge in [0.25, 0.3) is 0 Å². The van der Waals surface area contributed by atoms with Gasteiger partial charge in [-0.05, 0) is 29.8 Å². The van der Waals surface area contributed by atoms with Gasteiger partial charge < -0.3 is 9.47 Å². The third-order valence-electron chi connectivity index (χ3n) is 3.86. The van der Waals surface area contributed by atoms with Crippen molar-refractivity contribution in [1.29, 1.82) is 0 Å². The second-order valence-electron chi connectivity index (χ2n) is 5.37. The maximum Gasteiger partial charge on any atom is 0.231 e. The summed E-state index contributed by atoms with van der Waals surface area (Å²) >= 11 is 7.85. The van der Waals surface area contributed by atoms with E-state index in [1.807, 2.05) is 40.8 Å². The van der Waals surface area contributed by atoms with Crippen molar-refractivity contribution in [3.05, 3.63) is 47.0 Å². The van der Waals surface area contributed by atoms with Gasteiger partial charge >= 0.3 is 0 Å². The molecule has 0 saturated carbocycles. The highest BCUT2D eigenvalue weighted by atomic mass is 35.5. The Morgan fingerprint density at radius 3 is 3.12 bits per heavy atom. The zero-order chi connectivity index (χ0) is 16.1. The second-order valence-corrected chi connectivity index (χ2v) is 6.72. The smallest absolute Gasteiger partial charge is 0.231 e. The molecular formula is C16H11ClN4O2S. The molecule has 8 heteroatoms. The summed E-state index contributed by atoms with van der Waals surface area (Å²) in [6, 6.07) is 11.8. The normalized spacial score (nSPS) is 13.2. The molecule has 0 amide bonds. The number of halogens is 1. The number of benzene rings is 2. The van der Waals surface area contributed by atoms with Gasteiger partial charge in [-0.2, -0.15) is 0 Å². The van der Waals surface area contributed by atoms with Crippen molar-refractivity contribution >= 4 is 40.2 Å². The number of hydrogen-bond donors (Lipinski definition) is 1. The quantitative estimate of drug-likeness (QED) is 0.563. The van der Waals surface area contributed by atoms with E-state index in [-0.39, 0.29) is 6.79 Å². The van der Waals surface area contributed by atoms with Crippen LogP contribution < -0.4 is 9.47 Å². The molecule has 2 aromatic heterocycles. The van der Waals surface area contributed by atoms with E-state index in [0.717, 1.165) is 27.5 Å². The van der Waals surface area contributed by atoms with Crippen LogP contribution in [0, 0.1) is 0 Å². The van der Waals surface area contributed by atoms with E-state index < -0.39 is 0 Å². The largest absolute Gasteiger partial charge is 0.454 e. The Morgan fingerprint density at radius 2 is 2.17 bits per heavy atom. The molecule has 0 atom stereocenters. The fraction of sp³-hybridized carbons (Fsp3) is 0.125. The lowest BCUT2D eigenvalue weighted by molar-refractivity contribution is 0.174. The van der Waals surface area contributed by atoms with Gasteiger partial charge in [0.05, 0.1) is 16.1 Å². The van der Waals surface area contributed by atoms with Gasteiger partial charge in [-0.15, -0.1) is 5.10 Å². The van der Waals surface area contributed by atoms with Gasteiger partial charge in [-0.25, -0.2) is 10.1 Å². The van der Waals surface area contributed by atoms with E-state index in [1.54, 1.807) is 11.8 Å². The first-order valence-electron chi connectivity index (χ1n) is 7.32. The summed E-state index contributed by atoms with van der Waals surface area (Å²) in [4.78, 5) is 4.53. The maximum absolute atomic E-state index is 6.24. The molecule has 0 unspecified atom stereocenters. The summed E-state index contributed by atoms with van der Waals surface area (Å²) in [6.07, 6.45) is 0. The Hall–Kier alpha value is -2.38. The number of rotatable bonds is 3. The lowest BCUT2D eigenvalue weighted by Gasteiger charge is -2.04. The van der Waals surface area contributed by atoms with Crippen LogP contribution in [0.25, 0.3) is 16.8 Å². The number of hydrogen-bond acceptors (Lipinski definition) is 5. The molecule has 0 saturated heterocycles. The number of thioether (sulfide) groups is 1. The van der Waals surface area contributed by atoms with E-state index in [0.29, 0.717) is 22.3 Å². The molecule has 1 aliphatic rings. The summed E-state index contributed by atoms with van der Waals surface area (Å²) in [5.74, 6) is 2.76. The van der Waals surface area contributed by atoms with E-state index in [9.17, 15) is 0 Å². The van der Waals surface area contributed by atoms with E-state index >= 15 is 0 Å². The summed E-state index contributed by atoms with van der Waals surface area (Å²) in [6.45, 7) is 0.215. The Bertz CT molecular complexity index is 1070. The molecule has 0 radical (unpaired) electrons. The predicted octanol–water partition coefficient (Wildman–Crippen LogP) is 3.89. The Kier molecular flexibility index (Phi) is 3.11. The minimum absolute atomic E-state index is 0.215. The summed E-state index contributed by atoms with van der Waals surface area (Å²) in [5.41, 5.74) is 3.03. The predicted molar refractivity (Wildman–Crippen MR) is 92.0 cm³/mol. The molecule has 0 spiro atoms. The minimum atomic E-state index is 0.215. The van der Waals surface area contributed by atoms with Crippen molar-refractivity contribution in [3.8, 4) is 11.5 Å². The van der Waals surface area contributed by atoms with Crippen molar-refractivity contribution in [2.75, 3.05) is 6.79 Å². The third-order valence-corrected chi connectivity index (χ3v) is 5.15. The van der Waals surface area contributed by atoms with E-state index in [2.05, 4.69) is 15.2 Å². The number of para-hydroxylation sites is 2. The number of aromatic nitrogens is 4. The van der Waals surface area contributed by atoms with Crippen molar-refractivity contribution < 1.29 is 9.47 Å². The number of nitrogens with one attached hydrogen (secondary N) is 1. The van der Waals surface area contributed by atoms with Crippen LogP contribution in [-0.4, -0.2) is 26.4 Å². The Morgan fingerprint density at radius 1 is 1.25 bits per heavy atom. The van der Waals surface area contributed by atoms with Gasteiger partial charge in [-0.1, -0.05) is 35.5 Å². The number of fused-ring (bicyclic) bond motifs is 4. The van der Waals surface area contributed by atoms with Gasteiger partial charge in [0, 0.05) is 5.75 Å². The van der Waals surface area contributed by atoms with Crippen LogP contribution in [-0.2, 0) is 5.75 Å². The average molecular weight is 359 g/mol. The molecule has 1 aliphatic heterocycles. The topological polar surface area (TPSA) is 64.4 Å². The van der Waals surface area contributed by atoms with Crippen LogP contribution in [0.3, 0.4) is 0 Å². The van der Waals surface area contributed by atoms with Crippen LogP contribution >= 0.6 is 23.4 Å². The zero-order valence-electron chi connectivity index (χ0n) is 12.3. The lowest BCUT2D eigenvalue weighted by atomic mass is 10.2. The summed E-state index contributed by atoms with van der Waals surface area (Å²) < 4.78 is 12.8. The fourth-order valence-corrected chi connectivity index (χ4v) is 3.97. The molecule has 0 fully saturated rings. The molecule has 0 bridgehead atoms. The molecule has 0 aliphatic carbocycles. The first kappa shape index (κ1) is 14.0. The Balaban J connectivity index is 1.48. The van der Waals surface area contributed by atoms with Gasteiger partial charge in [0.15, 0.2) is 16.7 Å². The summed E-state index contributed by atoms with van der Waals surface area (Å²) in [7, 11) is 0. The van der Waals surface area contributed by atoms with Crippen molar-refractivity contribution in [3.63, 3.8) is 0 Å². The number of H-pyrrole nitrogens is 1. The molecule has 3 heterocycles. The fourth-order valence-electron chi connectivity index (χ4n) is 2.79. The van der Waals surface area contributed by atoms with Crippen LogP contribution in [0.4, 0.5) is 0 Å². The van der Waals surface area contributed by atoms with Crippen LogP contribution in [0.1, 0.15) is 5.56 Å². The number of aromatic amines is 1. The van der Waals surface area contributed by atoms with Crippen molar-refractivity contribution in [1.82, 2.24) is 19.6 Å². The standard InChI is InChI=1S/C16H11ClN4O2S/c17-10-5-9(6-13-14(10)23-8-22-13)7-24-16-20-19-15-18-11-3-1-2-4-12(11)21(15)16/h1-6H,7-8H2,(H,18,19). The minimum Gasteiger partial charge on any atom is -0.454 e. The van der Waals surface area contributed by atoms with Crippen LogP contribution in [0.5, 0.6) is 11.5 Å². The van der Waals surface area contributed by atoms with Gasteiger partial charge in [0.1, 0.15) is 0 Å². The first-order chi connectivity index (χ1) is 11.8. The average Bonchev–Trinajstić information content (AvgIpc) is 3.28. The monoisotopic (exact) mass is 358 g/mol. The van der Waals surface area contributed by atoms with Crippen LogP contribution in [0.15, 0.2) is 41.6 Å². The third kappa shape index (κ3) is 2.12. The number of imidazole rings is 1. The highest BCUT2D eigenvalue weighted by Crippen LogP contribution is 2.40. The van der Waals surface area contributed by atoms with Crippen molar-refractivity contribution in [2.45, 2.75) is 10.9 Å². The molecule has 6 nitrogen and oxygen atoms in total. The molecule has 1 N–H and O–H groups in total. The lowest BCUT2D eigenvalue weighted by Crippen LogP contribution is -1.93. The first-order valence-corrected chi connectivity index (χ1v) is 8.68. The highest BCUT2D eigenvalue weighted by molar-refractivity contribution is 7.98. The molecule has 24 heavy (non-hydrogen) atoms. The second kappa shape index (κ2) is 5.32. The van der Waals surface area contributed by atoms with Crippen LogP contribution in [0.2, 0.25) is 5.02 Å². The Labute approximate surface area is 145 Å². The number of nitrogens with zero attached hydrogens (tertiary/aromatic N) is 3. The molecule has 120 valence electrons. The van der Waals surface area contributed by atoms with E-state index in [1.165, 1.54) is 0 Å². The highest BCUT2D eigenvalue weighted by Gasteiger charge is 2.19. The summed E-state index contributed by atoms with van der Waals surface area (Å²) in [5, 5.41) is 8.77.